The van der Waals surface area contributed by atoms with Gasteiger partial charge in [-0.3, -0.25) is 19.3 Å². The highest BCUT2D eigenvalue weighted by Gasteiger charge is 2.25. The van der Waals surface area contributed by atoms with Gasteiger partial charge in [-0.1, -0.05) is 19.3 Å². The van der Waals surface area contributed by atoms with E-state index in [1.54, 1.807) is 12.4 Å². The summed E-state index contributed by atoms with van der Waals surface area (Å²) in [6.07, 6.45) is 10.7. The number of imidazole rings is 1. The Bertz CT molecular complexity index is 483. The van der Waals surface area contributed by atoms with E-state index in [-0.39, 0.29) is 24.9 Å². The van der Waals surface area contributed by atoms with Crippen molar-refractivity contribution < 1.29 is 24.6 Å². The normalized spacial score (nSPS) is 14.9. The van der Waals surface area contributed by atoms with Crippen molar-refractivity contribution >= 4 is 18.9 Å². The third-order valence-electron chi connectivity index (χ3n) is 4.36. The van der Waals surface area contributed by atoms with Crippen LogP contribution in [0.15, 0.2) is 12.4 Å². The lowest BCUT2D eigenvalue weighted by Gasteiger charge is -2.34. The first-order chi connectivity index (χ1) is 12.5. The van der Waals surface area contributed by atoms with Crippen molar-refractivity contribution in [3.05, 3.63) is 18.2 Å². The lowest BCUT2D eigenvalue weighted by molar-refractivity contribution is -0.126. The van der Waals surface area contributed by atoms with Gasteiger partial charge >= 0.3 is 0 Å². The number of hydrogen-bond acceptors (Lipinski definition) is 5. The molecule has 1 aliphatic carbocycles. The highest BCUT2D eigenvalue weighted by Crippen LogP contribution is 2.22. The van der Waals surface area contributed by atoms with Gasteiger partial charge in [-0.25, -0.2) is 4.98 Å². The van der Waals surface area contributed by atoms with Gasteiger partial charge in [-0.05, 0) is 26.8 Å². The van der Waals surface area contributed by atoms with E-state index >= 15 is 0 Å². The second kappa shape index (κ2) is 14.9. The van der Waals surface area contributed by atoms with Crippen LogP contribution in [-0.4, -0.2) is 69.6 Å². The predicted octanol–water partition coefficient (Wildman–Crippen LogP) is 1.12. The van der Waals surface area contributed by atoms with Crippen LogP contribution in [0.2, 0.25) is 0 Å². The van der Waals surface area contributed by atoms with E-state index in [1.165, 1.54) is 32.1 Å². The summed E-state index contributed by atoms with van der Waals surface area (Å²) in [6, 6.07) is 0.504. The number of nitrogens with one attached hydrogen (secondary N) is 2. The minimum Gasteiger partial charge on any atom is -0.483 e. The number of H-pyrrole nitrogens is 1. The zero-order valence-corrected chi connectivity index (χ0v) is 15.4. The highest BCUT2D eigenvalue weighted by molar-refractivity contribution is 5.81. The van der Waals surface area contributed by atoms with Crippen LogP contribution in [0.3, 0.4) is 0 Å². The number of aromatic amines is 1. The Kier molecular flexibility index (Phi) is 13.5. The van der Waals surface area contributed by atoms with Crippen LogP contribution >= 0.6 is 0 Å². The smallest absolute Gasteiger partial charge is 0.290 e. The summed E-state index contributed by atoms with van der Waals surface area (Å²) in [5, 5.41) is 16.8. The van der Waals surface area contributed by atoms with E-state index in [9.17, 15) is 4.79 Å². The summed E-state index contributed by atoms with van der Waals surface area (Å²) in [5.41, 5.74) is 0. The van der Waals surface area contributed by atoms with Crippen LogP contribution in [0, 0.1) is 0 Å². The van der Waals surface area contributed by atoms with Crippen molar-refractivity contribution in [2.75, 3.05) is 13.6 Å². The minimum absolute atomic E-state index is 0.0605. The van der Waals surface area contributed by atoms with E-state index < -0.39 is 0 Å². The van der Waals surface area contributed by atoms with Crippen LogP contribution in [-0.2, 0) is 20.8 Å². The van der Waals surface area contributed by atoms with Gasteiger partial charge in [0.25, 0.3) is 12.9 Å². The Hall–Kier alpha value is -2.42. The molecule has 148 valence electrons. The first kappa shape index (κ1) is 23.6. The number of nitrogens with zero attached hydrogens (tertiary/aromatic N) is 2. The number of aromatic nitrogens is 2. The van der Waals surface area contributed by atoms with Gasteiger partial charge in [0.05, 0.1) is 6.04 Å². The molecule has 1 heterocycles. The van der Waals surface area contributed by atoms with Crippen LogP contribution in [0.1, 0.15) is 44.9 Å². The van der Waals surface area contributed by atoms with Crippen molar-refractivity contribution in [2.45, 2.75) is 57.5 Å². The molecule has 1 aliphatic rings. The molecule has 1 fully saturated rings. The van der Waals surface area contributed by atoms with Gasteiger partial charge in [0, 0.05) is 31.4 Å². The van der Waals surface area contributed by atoms with E-state index in [0.29, 0.717) is 12.6 Å². The van der Waals surface area contributed by atoms with E-state index in [0.717, 1.165) is 12.2 Å². The molecule has 1 unspecified atom stereocenters. The third kappa shape index (κ3) is 9.77. The quantitative estimate of drug-likeness (QED) is 0.551. The molecule has 9 heteroatoms. The molecular weight excluding hydrogens is 340 g/mol. The highest BCUT2D eigenvalue weighted by atomic mass is 16.3. The van der Waals surface area contributed by atoms with Crippen LogP contribution < -0.4 is 5.32 Å². The maximum Gasteiger partial charge on any atom is 0.290 e. The van der Waals surface area contributed by atoms with E-state index in [1.807, 2.05) is 6.92 Å². The molecule has 0 aromatic carbocycles. The number of likely N-dealkylation sites (N-methyl/N-ethyl adjacent to an activating group) is 1. The van der Waals surface area contributed by atoms with Crippen molar-refractivity contribution in [1.29, 1.82) is 0 Å². The van der Waals surface area contributed by atoms with Crippen molar-refractivity contribution in [3.63, 3.8) is 0 Å². The molecule has 0 radical (unpaired) electrons. The molecule has 0 aliphatic heterocycles. The van der Waals surface area contributed by atoms with Crippen molar-refractivity contribution in [3.8, 4) is 0 Å². The average Bonchev–Trinajstić information content (AvgIpc) is 3.16. The predicted molar refractivity (Wildman–Crippen MR) is 96.8 cm³/mol. The molecule has 26 heavy (non-hydrogen) atoms. The number of rotatable bonds is 6. The summed E-state index contributed by atoms with van der Waals surface area (Å²) in [6.45, 7) is 2.13. The molecule has 0 bridgehead atoms. The molecule has 1 aromatic rings. The fourth-order valence-electron chi connectivity index (χ4n) is 2.88. The van der Waals surface area contributed by atoms with Gasteiger partial charge in [0.1, 0.15) is 5.82 Å². The molecule has 0 spiro atoms. The Morgan fingerprint density at radius 1 is 1.35 bits per heavy atom. The fraction of sp³-hybridized carbons (Fsp3) is 0.647. The summed E-state index contributed by atoms with van der Waals surface area (Å²) in [7, 11) is 2.08. The summed E-state index contributed by atoms with van der Waals surface area (Å²) in [4.78, 5) is 38.3. The second-order valence-electron chi connectivity index (χ2n) is 5.92. The number of carbonyl (C=O) groups excluding carboxylic acids is 1. The lowest BCUT2D eigenvalue weighted by atomic mass is 9.93. The zero-order chi connectivity index (χ0) is 19.8. The van der Waals surface area contributed by atoms with Crippen LogP contribution in [0.5, 0.6) is 0 Å². The van der Waals surface area contributed by atoms with Gasteiger partial charge in [-0.15, -0.1) is 0 Å². The molecule has 0 saturated heterocycles. The number of hydrogen-bond donors (Lipinski definition) is 4. The monoisotopic (exact) mass is 370 g/mol. The molecule has 2 rings (SSSR count). The van der Waals surface area contributed by atoms with Gasteiger partial charge in [0.2, 0.25) is 5.91 Å². The molecule has 1 amide bonds. The maximum atomic E-state index is 12.2. The summed E-state index contributed by atoms with van der Waals surface area (Å²) >= 11 is 0. The standard InChI is InChI=1S/C15H26N4O.2CH2O2/c1-12(19(2)13-6-4-3-5-7-13)15(20)18-9-8-14-16-10-11-17-14;2*2-1-3/h10-13H,3-9H2,1-2H3,(H,16,17)(H,18,20);2*1H,(H,2,3). The topological polar surface area (TPSA) is 136 Å². The van der Waals surface area contributed by atoms with Gasteiger partial charge < -0.3 is 20.5 Å². The van der Waals surface area contributed by atoms with Crippen molar-refractivity contribution in [2.24, 2.45) is 0 Å². The molecule has 1 aromatic heterocycles. The number of amides is 1. The molecule has 9 nitrogen and oxygen atoms in total. The number of carboxylic acid groups (broad SMARTS) is 2. The largest absolute Gasteiger partial charge is 0.483 e. The van der Waals surface area contributed by atoms with Crippen LogP contribution in [0.4, 0.5) is 0 Å². The maximum absolute atomic E-state index is 12.2. The molecule has 1 saturated carbocycles. The second-order valence-corrected chi connectivity index (χ2v) is 5.92. The Morgan fingerprint density at radius 3 is 2.42 bits per heavy atom. The van der Waals surface area contributed by atoms with Gasteiger partial charge in [0.15, 0.2) is 0 Å². The third-order valence-corrected chi connectivity index (χ3v) is 4.36. The first-order valence-electron chi connectivity index (χ1n) is 8.65. The van der Waals surface area contributed by atoms with E-state index in [2.05, 4.69) is 27.2 Å². The lowest BCUT2D eigenvalue weighted by Crippen LogP contribution is -2.48. The summed E-state index contributed by atoms with van der Waals surface area (Å²) in [5.74, 6) is 1.03. The molecule has 1 atom stereocenters. The zero-order valence-electron chi connectivity index (χ0n) is 15.4. The minimum atomic E-state index is -0.250. The van der Waals surface area contributed by atoms with Crippen molar-refractivity contribution in [1.82, 2.24) is 20.2 Å². The Labute approximate surface area is 153 Å². The first-order valence-corrected chi connectivity index (χ1v) is 8.65. The SMILES string of the molecule is CC(C(=O)NCCc1ncc[nH]1)N(C)C1CCCCC1.O=CO.O=CO. The van der Waals surface area contributed by atoms with E-state index in [4.69, 9.17) is 19.8 Å². The molecule has 4 N–H and O–H groups in total. The summed E-state index contributed by atoms with van der Waals surface area (Å²) < 4.78 is 0. The molecular formula is C17H30N4O5. The van der Waals surface area contributed by atoms with Crippen LogP contribution in [0.25, 0.3) is 0 Å². The average molecular weight is 370 g/mol. The Morgan fingerprint density at radius 2 is 1.92 bits per heavy atom. The number of carbonyl (C=O) groups is 3. The Balaban J connectivity index is 0.000000918. The van der Waals surface area contributed by atoms with Gasteiger partial charge in [-0.2, -0.15) is 0 Å². The fourth-order valence-corrected chi connectivity index (χ4v) is 2.88.